The van der Waals surface area contributed by atoms with Gasteiger partial charge in [0.05, 0.1) is 43.6 Å². The van der Waals surface area contributed by atoms with Gasteiger partial charge < -0.3 is 23.7 Å². The highest BCUT2D eigenvalue weighted by Crippen LogP contribution is 2.25. The van der Waals surface area contributed by atoms with Gasteiger partial charge in [-0.05, 0) is 66.1 Å². The second kappa shape index (κ2) is 16.6. The lowest BCUT2D eigenvalue weighted by Gasteiger charge is -2.10. The van der Waals surface area contributed by atoms with Gasteiger partial charge in [0.2, 0.25) is 6.08 Å². The lowest BCUT2D eigenvalue weighted by molar-refractivity contribution is -0.149. The van der Waals surface area contributed by atoms with Crippen LogP contribution in [0.25, 0.3) is 11.1 Å². The van der Waals surface area contributed by atoms with Crippen LogP contribution in [-0.4, -0.2) is 57.7 Å². The molecule has 0 N–H and O–H groups in total. The minimum Gasteiger partial charge on any atom is -0.491 e. The maximum Gasteiger partial charge on any atom is 0.343 e. The van der Waals surface area contributed by atoms with Gasteiger partial charge in [-0.3, -0.25) is 4.79 Å². The molecular formula is C31H33NO8. The van der Waals surface area contributed by atoms with E-state index in [4.69, 9.17) is 23.7 Å². The number of nitrogens with zero attached hydrogens (tertiary/aromatic N) is 1. The molecule has 0 saturated carbocycles. The van der Waals surface area contributed by atoms with Gasteiger partial charge in [-0.2, -0.15) is 4.99 Å². The molecule has 1 atom stereocenters. The SMILES string of the molecule is CCC(C)C(=O)OCCOCCOCCOc1ccc(C(=O)Oc2ccc(-c3ccc(N=C=O)cc3)cc2)cc1. The maximum atomic E-state index is 12.5. The highest BCUT2D eigenvalue weighted by atomic mass is 16.6. The zero-order valence-electron chi connectivity index (χ0n) is 22.7. The van der Waals surface area contributed by atoms with Crippen LogP contribution in [-0.2, 0) is 23.8 Å². The molecule has 0 aliphatic carbocycles. The number of hydrogen-bond donors (Lipinski definition) is 0. The summed E-state index contributed by atoms with van der Waals surface area (Å²) in [5.41, 5.74) is 2.80. The van der Waals surface area contributed by atoms with Crippen molar-refractivity contribution in [1.82, 2.24) is 0 Å². The van der Waals surface area contributed by atoms with E-state index in [2.05, 4.69) is 4.99 Å². The van der Waals surface area contributed by atoms with Crippen LogP contribution in [0.3, 0.4) is 0 Å². The number of hydrogen-bond acceptors (Lipinski definition) is 9. The molecule has 0 aliphatic rings. The number of ether oxygens (including phenoxy) is 5. The van der Waals surface area contributed by atoms with E-state index in [0.717, 1.165) is 17.5 Å². The van der Waals surface area contributed by atoms with Gasteiger partial charge in [0, 0.05) is 0 Å². The van der Waals surface area contributed by atoms with Crippen LogP contribution in [0, 0.1) is 5.92 Å². The first-order valence-corrected chi connectivity index (χ1v) is 13.1. The number of carbonyl (C=O) groups is 2. The molecule has 0 radical (unpaired) electrons. The monoisotopic (exact) mass is 547 g/mol. The average molecular weight is 548 g/mol. The lowest BCUT2D eigenvalue weighted by Crippen LogP contribution is -2.18. The van der Waals surface area contributed by atoms with Gasteiger partial charge >= 0.3 is 11.9 Å². The van der Waals surface area contributed by atoms with Crippen LogP contribution in [0.15, 0.2) is 77.8 Å². The summed E-state index contributed by atoms with van der Waals surface area (Å²) in [7, 11) is 0. The molecule has 3 aromatic carbocycles. The van der Waals surface area contributed by atoms with Crippen molar-refractivity contribution in [2.45, 2.75) is 20.3 Å². The smallest absolute Gasteiger partial charge is 0.343 e. The first-order valence-electron chi connectivity index (χ1n) is 13.1. The summed E-state index contributed by atoms with van der Waals surface area (Å²) in [5.74, 6) is 0.246. The Morgan fingerprint density at radius 2 is 1.30 bits per heavy atom. The third-order valence-corrected chi connectivity index (χ3v) is 5.89. The molecule has 0 aromatic heterocycles. The van der Waals surface area contributed by atoms with Crippen LogP contribution >= 0.6 is 0 Å². The van der Waals surface area contributed by atoms with E-state index in [1.807, 2.05) is 38.1 Å². The molecule has 0 saturated heterocycles. The van der Waals surface area contributed by atoms with Crippen molar-refractivity contribution in [3.8, 4) is 22.6 Å². The van der Waals surface area contributed by atoms with Crippen molar-refractivity contribution < 1.29 is 38.1 Å². The number of rotatable bonds is 16. The fourth-order valence-corrected chi connectivity index (χ4v) is 3.40. The summed E-state index contributed by atoms with van der Waals surface area (Å²) in [6.07, 6.45) is 2.27. The normalized spacial score (nSPS) is 11.2. The summed E-state index contributed by atoms with van der Waals surface area (Å²) >= 11 is 0. The van der Waals surface area contributed by atoms with Crippen LogP contribution in [0.1, 0.15) is 30.6 Å². The Labute approximate surface area is 233 Å². The largest absolute Gasteiger partial charge is 0.491 e. The molecule has 0 heterocycles. The van der Waals surface area contributed by atoms with Crippen molar-refractivity contribution in [3.05, 3.63) is 78.4 Å². The van der Waals surface area contributed by atoms with Crippen molar-refractivity contribution in [2.24, 2.45) is 10.9 Å². The molecule has 0 bridgehead atoms. The van der Waals surface area contributed by atoms with Gasteiger partial charge in [0.15, 0.2) is 0 Å². The number of isocyanates is 1. The Hall–Kier alpha value is -4.30. The molecule has 0 amide bonds. The summed E-state index contributed by atoms with van der Waals surface area (Å²) in [6.45, 7) is 5.86. The fraction of sp³-hybridized carbons (Fsp3) is 0.323. The second-order valence-electron chi connectivity index (χ2n) is 8.74. The summed E-state index contributed by atoms with van der Waals surface area (Å²) in [4.78, 5) is 38.0. The first kappa shape index (κ1) is 30.2. The molecule has 40 heavy (non-hydrogen) atoms. The maximum absolute atomic E-state index is 12.5. The van der Waals surface area contributed by atoms with Crippen molar-refractivity contribution in [1.29, 1.82) is 0 Å². The number of benzene rings is 3. The molecule has 0 aliphatic heterocycles. The van der Waals surface area contributed by atoms with E-state index < -0.39 is 5.97 Å². The third kappa shape index (κ3) is 10.1. The Bertz CT molecular complexity index is 1250. The van der Waals surface area contributed by atoms with Gasteiger partial charge in [0.25, 0.3) is 0 Å². The standard InChI is InChI=1S/C31H33NO8/c1-3-23(2)30(34)39-21-19-37-17-16-36-18-20-38-28-12-8-26(9-13-28)31(35)40-29-14-6-25(7-15-29)24-4-10-27(11-5-24)32-22-33/h4-15,23H,3,16-21H2,1-2H3. The summed E-state index contributed by atoms with van der Waals surface area (Å²) in [6, 6.07) is 20.9. The first-order chi connectivity index (χ1) is 19.5. The van der Waals surface area contributed by atoms with Crippen LogP contribution in [0.4, 0.5) is 5.69 Å². The van der Waals surface area contributed by atoms with E-state index in [9.17, 15) is 14.4 Å². The summed E-state index contributed by atoms with van der Waals surface area (Å²) in [5, 5.41) is 0. The van der Waals surface area contributed by atoms with Crippen LogP contribution in [0.5, 0.6) is 11.5 Å². The molecule has 1 unspecified atom stereocenters. The number of esters is 2. The Morgan fingerprint density at radius 1 is 0.750 bits per heavy atom. The highest BCUT2D eigenvalue weighted by molar-refractivity contribution is 5.91. The fourth-order valence-electron chi connectivity index (χ4n) is 3.40. The van der Waals surface area contributed by atoms with Crippen molar-refractivity contribution >= 4 is 23.7 Å². The second-order valence-corrected chi connectivity index (χ2v) is 8.74. The Kier molecular flexibility index (Phi) is 12.6. The van der Waals surface area contributed by atoms with E-state index in [1.54, 1.807) is 48.5 Å². The van der Waals surface area contributed by atoms with Gasteiger partial charge in [-0.1, -0.05) is 38.1 Å². The molecule has 0 fully saturated rings. The van der Waals surface area contributed by atoms with E-state index in [1.165, 1.54) is 6.08 Å². The number of aliphatic imine (C=N–C) groups is 1. The van der Waals surface area contributed by atoms with E-state index >= 15 is 0 Å². The molecule has 0 spiro atoms. The average Bonchev–Trinajstić information content (AvgIpc) is 2.98. The highest BCUT2D eigenvalue weighted by Gasteiger charge is 2.11. The van der Waals surface area contributed by atoms with Crippen LogP contribution < -0.4 is 9.47 Å². The van der Waals surface area contributed by atoms with E-state index in [0.29, 0.717) is 55.8 Å². The zero-order valence-corrected chi connectivity index (χ0v) is 22.7. The van der Waals surface area contributed by atoms with Gasteiger partial charge in [0.1, 0.15) is 24.7 Å². The zero-order chi connectivity index (χ0) is 28.6. The van der Waals surface area contributed by atoms with Crippen molar-refractivity contribution in [2.75, 3.05) is 39.6 Å². The molecule has 210 valence electrons. The molecule has 3 rings (SSSR count). The van der Waals surface area contributed by atoms with Gasteiger partial charge in [-0.15, -0.1) is 0 Å². The predicted octanol–water partition coefficient (Wildman–Crippen LogP) is 5.54. The molecule has 3 aromatic rings. The molecular weight excluding hydrogens is 514 g/mol. The minimum atomic E-state index is -0.478. The molecule has 9 heteroatoms. The number of carbonyl (C=O) groups excluding carboxylic acids is 3. The third-order valence-electron chi connectivity index (χ3n) is 5.89. The lowest BCUT2D eigenvalue weighted by atomic mass is 10.1. The molecule has 9 nitrogen and oxygen atoms in total. The van der Waals surface area contributed by atoms with Crippen molar-refractivity contribution in [3.63, 3.8) is 0 Å². The topological polar surface area (TPSA) is 110 Å². The minimum absolute atomic E-state index is 0.0963. The Balaban J connectivity index is 1.31. The predicted molar refractivity (Wildman–Crippen MR) is 149 cm³/mol. The summed E-state index contributed by atoms with van der Waals surface area (Å²) < 4.78 is 27.1. The van der Waals surface area contributed by atoms with Crippen LogP contribution in [0.2, 0.25) is 0 Å². The van der Waals surface area contributed by atoms with Gasteiger partial charge in [-0.25, -0.2) is 9.59 Å². The Morgan fingerprint density at radius 3 is 1.90 bits per heavy atom. The van der Waals surface area contributed by atoms with E-state index in [-0.39, 0.29) is 18.5 Å². The quantitative estimate of drug-likeness (QED) is 0.0756.